The van der Waals surface area contributed by atoms with Crippen molar-refractivity contribution in [3.05, 3.63) is 53.9 Å². The summed E-state index contributed by atoms with van der Waals surface area (Å²) in [4.78, 5) is 40.3. The number of ether oxygens (including phenoxy) is 3. The Kier molecular flexibility index (Phi) is 20.9. The molecule has 100 heavy (non-hydrogen) atoms. The average molecular weight is 1380 g/mol. The Balaban J connectivity index is 0.000000134. The van der Waals surface area contributed by atoms with Gasteiger partial charge in [0.25, 0.3) is 0 Å². The van der Waals surface area contributed by atoms with Crippen LogP contribution in [0.5, 0.6) is 0 Å². The molecule has 3 N–H and O–H groups in total. The van der Waals surface area contributed by atoms with E-state index in [1.807, 2.05) is 57.9 Å². The van der Waals surface area contributed by atoms with Crippen molar-refractivity contribution in [2.45, 2.75) is 272 Å². The Morgan fingerprint density at radius 3 is 1.23 bits per heavy atom. The Labute approximate surface area is 597 Å². The number of nitriles is 2. The van der Waals surface area contributed by atoms with E-state index in [0.29, 0.717) is 94.6 Å². The first kappa shape index (κ1) is 73.7. The molecule has 24 atom stereocenters. The molecule has 12 fully saturated rings. The summed E-state index contributed by atoms with van der Waals surface area (Å²) in [5, 5.41) is 63.5. The molecule has 12 saturated carbocycles. The second-order valence-corrected chi connectivity index (χ2v) is 37.1. The Bertz CT molecular complexity index is 3500. The third kappa shape index (κ3) is 13.3. The maximum Gasteiger partial charge on any atom is 0.162 e. The van der Waals surface area contributed by atoms with Crippen LogP contribution in [0.25, 0.3) is 0 Å². The highest BCUT2D eigenvalue weighted by Crippen LogP contribution is 2.72. The number of rotatable bonds is 17. The highest BCUT2D eigenvalue weighted by Gasteiger charge is 2.67. The van der Waals surface area contributed by atoms with Gasteiger partial charge in [0.1, 0.15) is 12.1 Å². The third-order valence-corrected chi connectivity index (χ3v) is 31.9. The summed E-state index contributed by atoms with van der Waals surface area (Å²) in [5.74, 6) is 8.74. The van der Waals surface area contributed by atoms with Crippen molar-refractivity contribution in [3.8, 4) is 12.1 Å². The monoisotopic (exact) mass is 1380 g/mol. The number of hydrogen-bond donors (Lipinski definition) is 3. The molecule has 0 aliphatic heterocycles. The first-order chi connectivity index (χ1) is 47.6. The van der Waals surface area contributed by atoms with Crippen molar-refractivity contribution in [1.82, 2.24) is 29.3 Å². The number of nitrogens with zero attached hydrogens (tertiary/aromatic N) is 8. The zero-order chi connectivity index (χ0) is 71.0. The second kappa shape index (κ2) is 28.3. The molecule has 0 bridgehead atoms. The van der Waals surface area contributed by atoms with Gasteiger partial charge in [-0.05, 0) is 330 Å². The first-order valence-corrected chi connectivity index (χ1v) is 39.9. The minimum absolute atomic E-state index is 0.0588. The largest absolute Gasteiger partial charge is 0.390 e. The van der Waals surface area contributed by atoms with Gasteiger partial charge < -0.3 is 29.5 Å². The van der Waals surface area contributed by atoms with E-state index in [2.05, 4.69) is 56.0 Å². The van der Waals surface area contributed by atoms with Crippen molar-refractivity contribution in [3.63, 3.8) is 0 Å². The number of aryl methyl sites for hydroxylation is 1. The number of carbonyl (C=O) groups excluding carboxylic acids is 3. The normalized spacial score (nSPS) is 44.2. The maximum atomic E-state index is 13.4. The predicted octanol–water partition coefficient (Wildman–Crippen LogP) is 14.3. The van der Waals surface area contributed by atoms with Gasteiger partial charge in [0.2, 0.25) is 0 Å². The molecule has 3 aromatic rings. The quantitative estimate of drug-likeness (QED) is 0.114. The number of ketones is 3. The summed E-state index contributed by atoms with van der Waals surface area (Å²) in [7, 11) is 1.84. The molecule has 3 aromatic heterocycles. The lowest BCUT2D eigenvalue weighted by Gasteiger charge is -2.62. The summed E-state index contributed by atoms with van der Waals surface area (Å²) in [6, 6.07) is 5.82. The Morgan fingerprint density at radius 2 is 0.880 bits per heavy atom. The molecular weight excluding hydrogens is 1250 g/mol. The predicted molar refractivity (Wildman–Crippen MR) is 381 cm³/mol. The van der Waals surface area contributed by atoms with Crippen LogP contribution in [0.4, 0.5) is 0 Å². The number of aromatic nitrogens is 6. The smallest absolute Gasteiger partial charge is 0.162 e. The summed E-state index contributed by atoms with van der Waals surface area (Å²) in [6.07, 6.45) is 38.1. The third-order valence-electron chi connectivity index (χ3n) is 31.9. The number of aliphatic hydroxyl groups is 3. The molecule has 0 radical (unpaired) electrons. The van der Waals surface area contributed by atoms with E-state index in [1.54, 1.807) is 27.8 Å². The van der Waals surface area contributed by atoms with Crippen molar-refractivity contribution in [2.75, 3.05) is 40.1 Å². The summed E-state index contributed by atoms with van der Waals surface area (Å²) < 4.78 is 23.3. The topological polar surface area (TPSA) is 241 Å². The van der Waals surface area contributed by atoms with E-state index in [9.17, 15) is 29.7 Å². The number of methoxy groups -OCH3 is 1. The standard InChI is InChI=1S/C28H41N3O3.C28H44N2O3.C27H39N3O3/c1-4-34-18-28-12-11-26(2,33)13-20(28)5-6-21-22-7-8-24(27(22,3)10-9-23(21)28)25(32)17-31-16-19(14-29)15-30-31;1-5-33-18-28-13-12-26(3,32)14-20(28)6-7-21-22-8-9-24(27(22,4)11-10-23(21)28)25(31)17-30-16-19(2)15-29-30;1-25(32)11-12-27(17-33-3)18(14-25)4-5-20-21-6-7-23(26(21,2)10-8-22(20)27)24(31)16-30-13-9-19(15-28)29-30/h15-16,20-24,33H,4-13,17-18H2,1-3H3;15-16,20-24,32H,5-14,17-18H2,1-4H3;9,13,18,20-23,32H,4-8,10-12,14,16-17H2,1-3H3/t20-,21+,22+,23+,24-,26-,27+,28-;20-,21-,22-,23-,24+,26+,27-,28+;18-,20+,21+,22+,23-,25-,26+,27-/m101/s1. The van der Waals surface area contributed by atoms with Crippen LogP contribution < -0.4 is 0 Å². The number of carbonyl (C=O) groups is 3. The van der Waals surface area contributed by atoms with Gasteiger partial charge in [-0.3, -0.25) is 28.4 Å². The van der Waals surface area contributed by atoms with Crippen LogP contribution in [0.2, 0.25) is 0 Å². The van der Waals surface area contributed by atoms with E-state index in [1.165, 1.54) is 70.4 Å². The molecule has 3 heterocycles. The van der Waals surface area contributed by atoms with Gasteiger partial charge in [0.15, 0.2) is 23.0 Å². The van der Waals surface area contributed by atoms with Crippen LogP contribution in [-0.2, 0) is 48.2 Å². The van der Waals surface area contributed by atoms with E-state index >= 15 is 0 Å². The molecular formula is C83H124N8O9. The van der Waals surface area contributed by atoms with Crippen molar-refractivity contribution >= 4 is 17.3 Å². The minimum atomic E-state index is -0.542. The molecule has 17 nitrogen and oxygen atoms in total. The van der Waals surface area contributed by atoms with Crippen LogP contribution in [0.3, 0.4) is 0 Å². The molecule has 550 valence electrons. The first-order valence-electron chi connectivity index (χ1n) is 39.9. The lowest BCUT2D eigenvalue weighted by atomic mass is 9.43. The fraction of sp³-hybridized carbons (Fsp3) is 0.831. The lowest BCUT2D eigenvalue weighted by Crippen LogP contribution is -2.58. The Hall–Kier alpha value is -4.62. The van der Waals surface area contributed by atoms with Gasteiger partial charge in [0, 0.05) is 56.7 Å². The van der Waals surface area contributed by atoms with Gasteiger partial charge in [0.05, 0.1) is 74.2 Å². The van der Waals surface area contributed by atoms with Crippen LogP contribution in [0.15, 0.2) is 37.1 Å². The molecule has 0 amide bonds. The van der Waals surface area contributed by atoms with Gasteiger partial charge in [-0.15, -0.1) is 0 Å². The molecule has 0 spiro atoms. The van der Waals surface area contributed by atoms with Gasteiger partial charge in [-0.1, -0.05) is 20.8 Å². The zero-order valence-corrected chi connectivity index (χ0v) is 62.7. The van der Waals surface area contributed by atoms with Gasteiger partial charge in [-0.25, -0.2) is 0 Å². The van der Waals surface area contributed by atoms with E-state index in [0.717, 1.165) is 148 Å². The number of fused-ring (bicyclic) bond motifs is 15. The zero-order valence-electron chi connectivity index (χ0n) is 62.7. The molecule has 12 aliphatic rings. The second-order valence-electron chi connectivity index (χ2n) is 37.1. The Morgan fingerprint density at radius 1 is 0.490 bits per heavy atom. The molecule has 12 aliphatic carbocycles. The van der Waals surface area contributed by atoms with E-state index in [-0.39, 0.29) is 74.9 Å². The van der Waals surface area contributed by atoms with Crippen LogP contribution in [-0.4, -0.2) is 119 Å². The fourth-order valence-electron chi connectivity index (χ4n) is 27.4. The van der Waals surface area contributed by atoms with Crippen molar-refractivity contribution in [1.29, 1.82) is 10.5 Å². The van der Waals surface area contributed by atoms with Gasteiger partial charge in [-0.2, -0.15) is 25.8 Å². The van der Waals surface area contributed by atoms with Crippen molar-refractivity contribution < 1.29 is 43.9 Å². The van der Waals surface area contributed by atoms with Crippen LogP contribution >= 0.6 is 0 Å². The van der Waals surface area contributed by atoms with E-state index < -0.39 is 16.8 Å². The molecule has 15 rings (SSSR count). The number of hydrogen-bond acceptors (Lipinski definition) is 14. The maximum absolute atomic E-state index is 13.4. The number of Topliss-reactive ketones (excluding diaryl/α,β-unsaturated/α-hetero) is 3. The molecule has 0 saturated heterocycles. The van der Waals surface area contributed by atoms with E-state index in [4.69, 9.17) is 24.7 Å². The highest BCUT2D eigenvalue weighted by atomic mass is 16.5. The summed E-state index contributed by atoms with van der Waals surface area (Å²) in [6.45, 7) is 24.5. The molecule has 0 unspecified atom stereocenters. The van der Waals surface area contributed by atoms with Crippen LogP contribution in [0.1, 0.15) is 246 Å². The molecule has 0 aromatic carbocycles. The summed E-state index contributed by atoms with van der Waals surface area (Å²) in [5.41, 5.74) is 1.22. The van der Waals surface area contributed by atoms with Crippen molar-refractivity contribution in [2.24, 2.45) is 121 Å². The summed E-state index contributed by atoms with van der Waals surface area (Å²) >= 11 is 0. The SMILES string of the molecule is CCOC[C@]12CC[C@@](C)(O)C[C@@H]1CC[C@H]1[C@@H]3CC[C@H](C(=O)Cn4cc(C)cn4)[C@@]3(C)CC[C@@H]12.CCOC[C@]12CC[C@@](C)(O)C[C@H]1CC[C@H]1[C@@H]3CC[C@H](C(=O)Cn4cc(C#N)cn4)[C@@]3(C)CC[C@@H]12.COC[C@]12CC[C@@](C)(O)C[C@H]1CC[C@H]1[C@@H]3CC[C@H](C(=O)Cn4ccc(C#N)n4)[C@@]3(C)CC[C@@H]12. The molecule has 17 heteroatoms. The average Bonchev–Trinajstić information content (AvgIpc) is 1.31. The minimum Gasteiger partial charge on any atom is -0.390 e. The fourth-order valence-corrected chi connectivity index (χ4v) is 27.4. The highest BCUT2D eigenvalue weighted by molar-refractivity contribution is 5.83. The van der Waals surface area contributed by atoms with Crippen LogP contribution in [0, 0.1) is 151 Å². The lowest BCUT2D eigenvalue weighted by molar-refractivity contribution is -0.178. The van der Waals surface area contributed by atoms with Gasteiger partial charge >= 0.3 is 0 Å².